The van der Waals surface area contributed by atoms with Crippen LogP contribution in [0.25, 0.3) is 0 Å². The van der Waals surface area contributed by atoms with E-state index in [2.05, 4.69) is 5.09 Å². The van der Waals surface area contributed by atoms with E-state index in [1.807, 2.05) is 0 Å². The Morgan fingerprint density at radius 2 is 1.85 bits per heavy atom. The lowest BCUT2D eigenvalue weighted by atomic mass is 9.98. The fourth-order valence-corrected chi connectivity index (χ4v) is 4.87. The molecule has 0 saturated carbocycles. The fourth-order valence-electron chi connectivity index (χ4n) is 3.65. The van der Waals surface area contributed by atoms with Crippen molar-refractivity contribution in [2.24, 2.45) is 11.1 Å². The number of hydrogen-bond donors (Lipinski definition) is 3. The van der Waals surface area contributed by atoms with Crippen molar-refractivity contribution in [3.8, 4) is 0 Å². The summed E-state index contributed by atoms with van der Waals surface area (Å²) in [6.07, 6.45) is 6.81. The molecule has 1 heterocycles. The maximum atomic E-state index is 13.0. The highest BCUT2D eigenvalue weighted by Gasteiger charge is 2.39. The van der Waals surface area contributed by atoms with Crippen molar-refractivity contribution in [2.75, 3.05) is 32.7 Å². The summed E-state index contributed by atoms with van der Waals surface area (Å²) in [5.41, 5.74) is 5.01. The Hall–Kier alpha value is -1.61. The van der Waals surface area contributed by atoms with E-state index in [0.29, 0.717) is 51.5 Å². The Labute approximate surface area is 204 Å². The van der Waals surface area contributed by atoms with Gasteiger partial charge in [0.2, 0.25) is 5.91 Å². The van der Waals surface area contributed by atoms with Crippen LogP contribution in [0.15, 0.2) is 0 Å². The monoisotopic (exact) mass is 504 g/mol. The van der Waals surface area contributed by atoms with Gasteiger partial charge in [0, 0.05) is 6.54 Å². The first kappa shape index (κ1) is 30.4. The number of carbonyl (C=O) groups excluding carboxylic acids is 2. The highest BCUT2D eigenvalue weighted by Crippen LogP contribution is 2.24. The summed E-state index contributed by atoms with van der Waals surface area (Å²) in [6, 6.07) is -1.46. The van der Waals surface area contributed by atoms with Crippen LogP contribution in [0.2, 0.25) is 0 Å². The van der Waals surface area contributed by atoms with Crippen LogP contribution in [0, 0.1) is 5.41 Å². The lowest BCUT2D eigenvalue weighted by Gasteiger charge is -2.25. The SMILES string of the molecule is CC(C)(C)C(=O)OCOCCCCCC[P+](=O)N[C@@H](CCCCN)C(=O)N1CCC[C@H]1C(=O)O. The average molecular weight is 505 g/mol. The summed E-state index contributed by atoms with van der Waals surface area (Å²) in [5, 5.41) is 12.3. The van der Waals surface area contributed by atoms with Crippen molar-refractivity contribution in [1.29, 1.82) is 0 Å². The smallest absolute Gasteiger partial charge is 0.432 e. The van der Waals surface area contributed by atoms with Crippen LogP contribution in [0.5, 0.6) is 0 Å². The number of aliphatic carboxylic acids is 1. The number of hydrogen-bond acceptors (Lipinski definition) is 7. The number of carboxylic acid groups (broad SMARTS) is 1. The van der Waals surface area contributed by atoms with Gasteiger partial charge in [0.25, 0.3) is 0 Å². The third-order valence-corrected chi connectivity index (χ3v) is 6.97. The molecule has 0 aliphatic carbocycles. The molecule has 1 saturated heterocycles. The van der Waals surface area contributed by atoms with E-state index >= 15 is 0 Å². The molecule has 1 fully saturated rings. The molecule has 1 aliphatic rings. The van der Waals surface area contributed by atoms with Gasteiger partial charge in [0.1, 0.15) is 12.1 Å². The van der Waals surface area contributed by atoms with Crippen molar-refractivity contribution in [2.45, 2.75) is 90.6 Å². The lowest BCUT2D eigenvalue weighted by molar-refractivity contribution is -0.165. The molecule has 1 amide bonds. The van der Waals surface area contributed by atoms with Crippen molar-refractivity contribution in [3.05, 3.63) is 0 Å². The third-order valence-electron chi connectivity index (χ3n) is 5.65. The van der Waals surface area contributed by atoms with Gasteiger partial charge in [-0.05, 0) is 78.7 Å². The molecular weight excluding hydrogens is 461 g/mol. The molecule has 0 bridgehead atoms. The molecule has 10 nitrogen and oxygen atoms in total. The van der Waals surface area contributed by atoms with Crippen LogP contribution in [-0.2, 0) is 28.4 Å². The summed E-state index contributed by atoms with van der Waals surface area (Å²) in [4.78, 5) is 37.5. The predicted octanol–water partition coefficient (Wildman–Crippen LogP) is 3.02. The summed E-state index contributed by atoms with van der Waals surface area (Å²) < 4.78 is 22.9. The van der Waals surface area contributed by atoms with Gasteiger partial charge < -0.3 is 25.2 Å². The van der Waals surface area contributed by atoms with Crippen molar-refractivity contribution in [1.82, 2.24) is 9.99 Å². The maximum Gasteiger partial charge on any atom is 0.432 e. The number of carboxylic acids is 1. The van der Waals surface area contributed by atoms with E-state index in [9.17, 15) is 24.1 Å². The number of unbranched alkanes of at least 4 members (excludes halogenated alkanes) is 4. The molecule has 0 spiro atoms. The fraction of sp³-hybridized carbons (Fsp3) is 0.870. The molecule has 34 heavy (non-hydrogen) atoms. The number of nitrogens with two attached hydrogens (primary N) is 1. The molecule has 4 N–H and O–H groups in total. The van der Waals surface area contributed by atoms with Crippen molar-refractivity contribution >= 4 is 25.8 Å². The maximum absolute atomic E-state index is 13.0. The largest absolute Gasteiger partial charge is 0.480 e. The van der Waals surface area contributed by atoms with Crippen LogP contribution >= 0.6 is 7.95 Å². The lowest BCUT2D eigenvalue weighted by Crippen LogP contribution is -2.49. The van der Waals surface area contributed by atoms with E-state index in [0.717, 1.165) is 32.1 Å². The van der Waals surface area contributed by atoms with Crippen LogP contribution in [-0.4, -0.2) is 72.6 Å². The van der Waals surface area contributed by atoms with Crippen LogP contribution in [0.3, 0.4) is 0 Å². The van der Waals surface area contributed by atoms with Crippen molar-refractivity contribution < 1.29 is 33.5 Å². The minimum absolute atomic E-state index is 0.0504. The number of esters is 1. The first-order chi connectivity index (χ1) is 16.1. The highest BCUT2D eigenvalue weighted by atomic mass is 31.1. The standard InChI is InChI=1S/C23H42N3O7P/c1-23(2,3)22(30)33-17-32-15-8-4-5-9-16-34(31)25-18(11-6-7-13-24)20(27)26-14-10-12-19(26)21(28)29/h18-19H,4-17,24H2,1-3H3,(H-,25,28,29,31)/p+1/t18-,19-/m0/s1. The van der Waals surface area contributed by atoms with E-state index in [1.54, 1.807) is 20.8 Å². The predicted molar refractivity (Wildman–Crippen MR) is 130 cm³/mol. The molecule has 196 valence electrons. The number of nitrogens with one attached hydrogen (secondary N) is 1. The van der Waals surface area contributed by atoms with Crippen LogP contribution < -0.4 is 10.8 Å². The van der Waals surface area contributed by atoms with Crippen LogP contribution in [0.1, 0.15) is 78.6 Å². The van der Waals surface area contributed by atoms with Crippen molar-refractivity contribution in [3.63, 3.8) is 0 Å². The Kier molecular flexibility index (Phi) is 14.4. The van der Waals surface area contributed by atoms with E-state index in [1.165, 1.54) is 4.90 Å². The molecule has 1 rings (SSSR count). The third kappa shape index (κ3) is 11.7. The molecule has 0 radical (unpaired) electrons. The Morgan fingerprint density at radius 1 is 1.15 bits per heavy atom. The summed E-state index contributed by atoms with van der Waals surface area (Å²) in [5.74, 6) is -1.58. The minimum Gasteiger partial charge on any atom is -0.480 e. The average Bonchev–Trinajstić information content (AvgIpc) is 3.26. The number of rotatable bonds is 17. The Balaban J connectivity index is 2.31. The molecule has 3 atom stereocenters. The molecule has 1 unspecified atom stereocenters. The zero-order valence-corrected chi connectivity index (χ0v) is 21.8. The number of ether oxygens (including phenoxy) is 2. The summed E-state index contributed by atoms with van der Waals surface area (Å²) in [7, 11) is -1.78. The number of amides is 1. The first-order valence-electron chi connectivity index (χ1n) is 12.3. The minimum atomic E-state index is -1.78. The molecule has 0 aromatic heterocycles. The second-order valence-electron chi connectivity index (χ2n) is 9.72. The Morgan fingerprint density at radius 3 is 2.50 bits per heavy atom. The van der Waals surface area contributed by atoms with Gasteiger partial charge >= 0.3 is 19.9 Å². The topological polar surface area (TPSA) is 148 Å². The van der Waals surface area contributed by atoms with E-state index in [-0.39, 0.29) is 18.7 Å². The molecule has 11 heteroatoms. The van der Waals surface area contributed by atoms with Gasteiger partial charge in [-0.2, -0.15) is 0 Å². The van der Waals surface area contributed by atoms with Gasteiger partial charge in [-0.15, -0.1) is 0 Å². The van der Waals surface area contributed by atoms with Gasteiger partial charge in [0.15, 0.2) is 13.0 Å². The molecule has 1 aliphatic heterocycles. The van der Waals surface area contributed by atoms with Gasteiger partial charge in [-0.25, -0.2) is 4.79 Å². The second kappa shape index (κ2) is 16.1. The van der Waals surface area contributed by atoms with E-state index < -0.39 is 31.4 Å². The van der Waals surface area contributed by atoms with Gasteiger partial charge in [0.05, 0.1) is 12.0 Å². The zero-order chi connectivity index (χ0) is 25.6. The number of nitrogens with zero attached hydrogens (tertiary/aromatic N) is 1. The van der Waals surface area contributed by atoms with Gasteiger partial charge in [-0.1, -0.05) is 16.1 Å². The normalized spacial score (nSPS) is 17.5. The highest BCUT2D eigenvalue weighted by molar-refractivity contribution is 7.42. The first-order valence-corrected chi connectivity index (χ1v) is 13.7. The van der Waals surface area contributed by atoms with Crippen LogP contribution in [0.4, 0.5) is 0 Å². The molecule has 0 aromatic carbocycles. The summed E-state index contributed by atoms with van der Waals surface area (Å²) in [6.45, 7) is 6.72. The Bertz CT molecular complexity index is 669. The van der Waals surface area contributed by atoms with Gasteiger partial charge in [-0.3, -0.25) is 9.59 Å². The number of carbonyl (C=O) groups is 3. The second-order valence-corrected chi connectivity index (χ2v) is 11.2. The zero-order valence-electron chi connectivity index (χ0n) is 20.9. The molecular formula is C23H43N3O7P+. The molecule has 0 aromatic rings. The number of likely N-dealkylation sites (tertiary alicyclic amines) is 1. The summed E-state index contributed by atoms with van der Waals surface area (Å²) >= 11 is 0. The quantitative estimate of drug-likeness (QED) is 0.118. The van der Waals surface area contributed by atoms with E-state index in [4.69, 9.17) is 15.2 Å².